The number of oxime groups is 1. The molecular formula is C36H48FN5O6S. The van der Waals surface area contributed by atoms with Crippen molar-refractivity contribution in [1.82, 2.24) is 20.3 Å². The van der Waals surface area contributed by atoms with E-state index >= 15 is 0 Å². The molecule has 2 amide bonds. The van der Waals surface area contributed by atoms with E-state index in [1.165, 1.54) is 46.9 Å². The van der Waals surface area contributed by atoms with E-state index in [1.807, 2.05) is 58.0 Å². The average Bonchev–Trinajstić information content (AvgIpc) is 3.07. The van der Waals surface area contributed by atoms with Crippen molar-refractivity contribution >= 4 is 28.1 Å². The Bertz CT molecular complexity index is 1620. The molecule has 0 aliphatic heterocycles. The molecule has 0 aliphatic rings. The summed E-state index contributed by atoms with van der Waals surface area (Å²) in [5.74, 6) is -1.66. The zero-order valence-electron chi connectivity index (χ0n) is 28.4. The first-order chi connectivity index (χ1) is 23.3. The first-order valence-corrected chi connectivity index (χ1v) is 17.8. The van der Waals surface area contributed by atoms with Gasteiger partial charge in [-0.05, 0) is 59.2 Å². The van der Waals surface area contributed by atoms with Gasteiger partial charge in [0.25, 0.3) is 0 Å². The third-order valence-corrected chi connectivity index (χ3v) is 9.94. The van der Waals surface area contributed by atoms with Crippen LogP contribution in [0.2, 0.25) is 0 Å². The summed E-state index contributed by atoms with van der Waals surface area (Å²) in [4.78, 5) is 26.8. The van der Waals surface area contributed by atoms with Crippen molar-refractivity contribution in [2.45, 2.75) is 70.2 Å². The monoisotopic (exact) mass is 697 g/mol. The number of carbonyl (C=O) groups is 2. The van der Waals surface area contributed by atoms with Crippen LogP contribution in [-0.4, -0.2) is 78.9 Å². The lowest BCUT2D eigenvalue weighted by Crippen LogP contribution is -2.57. The normalized spacial score (nSPS) is 14.4. The lowest BCUT2D eigenvalue weighted by atomic mass is 9.96. The van der Waals surface area contributed by atoms with Gasteiger partial charge in [0.2, 0.25) is 21.8 Å². The van der Waals surface area contributed by atoms with Gasteiger partial charge in [-0.2, -0.15) is 4.31 Å². The van der Waals surface area contributed by atoms with E-state index in [-0.39, 0.29) is 55.1 Å². The van der Waals surface area contributed by atoms with Crippen molar-refractivity contribution in [3.05, 3.63) is 101 Å². The second-order valence-corrected chi connectivity index (χ2v) is 14.5. The quantitative estimate of drug-likeness (QED) is 0.0726. The number of aliphatic hydroxyl groups excluding tert-OH is 1. The number of benzene rings is 3. The van der Waals surface area contributed by atoms with Gasteiger partial charge in [-0.3, -0.25) is 9.59 Å². The Kier molecular flexibility index (Phi) is 15.3. The summed E-state index contributed by atoms with van der Waals surface area (Å²) in [7, 11) is -4.07. The van der Waals surface area contributed by atoms with Crippen LogP contribution in [0.25, 0.3) is 0 Å². The number of nitrogens with one attached hydrogen (secondary N) is 3. The largest absolute Gasteiger partial charge is 0.411 e. The van der Waals surface area contributed by atoms with Crippen LogP contribution in [0.3, 0.4) is 0 Å². The van der Waals surface area contributed by atoms with E-state index < -0.39 is 40.0 Å². The van der Waals surface area contributed by atoms with Gasteiger partial charge in [0, 0.05) is 19.6 Å². The van der Waals surface area contributed by atoms with Crippen molar-refractivity contribution < 1.29 is 32.7 Å². The predicted octanol–water partition coefficient (Wildman–Crippen LogP) is 3.69. The highest BCUT2D eigenvalue weighted by atomic mass is 32.2. The standard InChI is InChI=1S/C36H48FN5O6S/c1-5-26(4)35(41-34(44)22-38-20-29-12-9-13-30(37)18-29)36(45)40-32(19-27-10-7-6-8-11-27)33(43)24-42(23-25(2)3)49(47,48)31-16-14-28(15-17-31)21-39-46/h6-18,21,25-26,32-33,35,38,43,46H,5,19-20,22-24H2,1-4H3,(H,40,45)(H,41,44)/t26-,32-,33+,35-/m0/s1. The number of rotatable bonds is 19. The second kappa shape index (κ2) is 19.1. The molecule has 0 heterocycles. The molecule has 49 heavy (non-hydrogen) atoms. The molecule has 4 atom stereocenters. The Balaban J connectivity index is 1.81. The average molecular weight is 698 g/mol. The molecular weight excluding hydrogens is 649 g/mol. The van der Waals surface area contributed by atoms with Gasteiger partial charge in [-0.25, -0.2) is 12.8 Å². The Morgan fingerprint density at radius 1 is 0.939 bits per heavy atom. The van der Waals surface area contributed by atoms with Crippen molar-refractivity contribution in [3.8, 4) is 0 Å². The summed E-state index contributed by atoms with van der Waals surface area (Å²) < 4.78 is 42.3. The minimum absolute atomic E-state index is 0.00430. The third-order valence-electron chi connectivity index (χ3n) is 8.09. The summed E-state index contributed by atoms with van der Waals surface area (Å²) in [6.07, 6.45) is 0.639. The van der Waals surface area contributed by atoms with Gasteiger partial charge in [-0.15, -0.1) is 0 Å². The zero-order chi connectivity index (χ0) is 36.0. The first-order valence-electron chi connectivity index (χ1n) is 16.4. The molecule has 0 saturated carbocycles. The summed E-state index contributed by atoms with van der Waals surface area (Å²) in [6, 6.07) is 19.2. The Morgan fingerprint density at radius 3 is 2.22 bits per heavy atom. The number of sulfonamides is 1. The highest BCUT2D eigenvalue weighted by Crippen LogP contribution is 2.20. The minimum Gasteiger partial charge on any atom is -0.411 e. The molecule has 0 bridgehead atoms. The molecule has 0 spiro atoms. The fourth-order valence-electron chi connectivity index (χ4n) is 5.27. The number of nitrogens with zero attached hydrogens (tertiary/aromatic N) is 2. The number of carbonyl (C=O) groups excluding carboxylic acids is 2. The van der Waals surface area contributed by atoms with Crippen LogP contribution >= 0.6 is 0 Å². The number of halogens is 1. The van der Waals surface area contributed by atoms with Gasteiger partial charge in [0.1, 0.15) is 11.9 Å². The Hall–Kier alpha value is -4.17. The maximum absolute atomic E-state index is 13.8. The number of hydrogen-bond acceptors (Lipinski definition) is 8. The van der Waals surface area contributed by atoms with Crippen LogP contribution in [0, 0.1) is 17.7 Å². The first kappa shape index (κ1) is 39.3. The predicted molar refractivity (Wildman–Crippen MR) is 187 cm³/mol. The van der Waals surface area contributed by atoms with Gasteiger partial charge >= 0.3 is 0 Å². The highest BCUT2D eigenvalue weighted by molar-refractivity contribution is 7.89. The Morgan fingerprint density at radius 2 is 1.61 bits per heavy atom. The van der Waals surface area contributed by atoms with Gasteiger partial charge < -0.3 is 26.3 Å². The number of hydrogen-bond donors (Lipinski definition) is 5. The summed E-state index contributed by atoms with van der Waals surface area (Å²) in [6.45, 7) is 7.42. The molecule has 5 N–H and O–H groups in total. The summed E-state index contributed by atoms with van der Waals surface area (Å²) in [5, 5.41) is 32.1. The molecule has 3 aromatic carbocycles. The molecule has 11 nitrogen and oxygen atoms in total. The van der Waals surface area contributed by atoms with E-state index in [0.29, 0.717) is 17.5 Å². The molecule has 0 fully saturated rings. The van der Waals surface area contributed by atoms with Crippen molar-refractivity contribution in [3.63, 3.8) is 0 Å². The SMILES string of the molecule is CC[C@H](C)[C@H](NC(=O)CNCc1cccc(F)c1)C(=O)N[C@@H](Cc1ccccc1)[C@H](O)CN(CC(C)C)S(=O)(=O)c1ccc(C=NO)cc1. The van der Waals surface area contributed by atoms with E-state index in [1.54, 1.807) is 12.1 Å². The van der Waals surface area contributed by atoms with Crippen LogP contribution in [0.1, 0.15) is 50.8 Å². The lowest BCUT2D eigenvalue weighted by molar-refractivity contribution is -0.131. The molecule has 13 heteroatoms. The molecule has 0 aliphatic carbocycles. The maximum Gasteiger partial charge on any atom is 0.243 e. The fraction of sp³-hybridized carbons (Fsp3) is 0.417. The highest BCUT2D eigenvalue weighted by Gasteiger charge is 2.34. The van der Waals surface area contributed by atoms with Crippen molar-refractivity contribution in [1.29, 1.82) is 0 Å². The van der Waals surface area contributed by atoms with E-state index in [9.17, 15) is 27.5 Å². The number of aliphatic hydroxyl groups is 1. The van der Waals surface area contributed by atoms with Crippen molar-refractivity contribution in [2.24, 2.45) is 17.0 Å². The zero-order valence-corrected chi connectivity index (χ0v) is 29.2. The molecule has 3 aromatic rings. The molecule has 3 rings (SSSR count). The molecule has 0 unspecified atom stereocenters. The van der Waals surface area contributed by atoms with Gasteiger partial charge in [0.15, 0.2) is 0 Å². The Labute approximate surface area is 288 Å². The fourth-order valence-corrected chi connectivity index (χ4v) is 6.89. The third kappa shape index (κ3) is 12.3. The van der Waals surface area contributed by atoms with E-state index in [0.717, 1.165) is 5.56 Å². The molecule has 0 radical (unpaired) electrons. The minimum atomic E-state index is -4.07. The molecule has 0 aromatic heterocycles. The number of amides is 2. The maximum atomic E-state index is 13.8. The van der Waals surface area contributed by atoms with Crippen molar-refractivity contribution in [2.75, 3.05) is 19.6 Å². The van der Waals surface area contributed by atoms with E-state index in [2.05, 4.69) is 21.1 Å². The van der Waals surface area contributed by atoms with Crippen LogP contribution in [-0.2, 0) is 32.6 Å². The van der Waals surface area contributed by atoms with E-state index in [4.69, 9.17) is 5.21 Å². The van der Waals surface area contributed by atoms with Crippen LogP contribution in [0.5, 0.6) is 0 Å². The van der Waals surface area contributed by atoms with Crippen LogP contribution < -0.4 is 16.0 Å². The smallest absolute Gasteiger partial charge is 0.243 e. The van der Waals surface area contributed by atoms with Gasteiger partial charge in [0.05, 0.1) is 29.8 Å². The van der Waals surface area contributed by atoms with Gasteiger partial charge in [-0.1, -0.05) is 93.9 Å². The summed E-state index contributed by atoms with van der Waals surface area (Å²) in [5.41, 5.74) is 1.99. The van der Waals surface area contributed by atoms with Crippen LogP contribution in [0.4, 0.5) is 4.39 Å². The topological polar surface area (TPSA) is 160 Å². The summed E-state index contributed by atoms with van der Waals surface area (Å²) >= 11 is 0. The molecule has 266 valence electrons. The van der Waals surface area contributed by atoms with Crippen LogP contribution in [0.15, 0.2) is 88.9 Å². The second-order valence-electron chi connectivity index (χ2n) is 12.6. The molecule has 0 saturated heterocycles. The lowest BCUT2D eigenvalue weighted by Gasteiger charge is -2.32.